The van der Waals surface area contributed by atoms with E-state index in [-0.39, 0.29) is 30.3 Å². The van der Waals surface area contributed by atoms with Crippen LogP contribution in [0.4, 0.5) is 4.79 Å². The number of benzene rings is 1. The van der Waals surface area contributed by atoms with E-state index in [1.807, 2.05) is 32.9 Å². The topological polar surface area (TPSA) is 59.6 Å². The van der Waals surface area contributed by atoms with Crippen molar-refractivity contribution in [1.82, 2.24) is 10.6 Å². The summed E-state index contributed by atoms with van der Waals surface area (Å²) in [4.78, 5) is 11.6. The molecule has 0 atom stereocenters. The van der Waals surface area contributed by atoms with Gasteiger partial charge in [0.05, 0.1) is 6.54 Å². The largest absolute Gasteiger partial charge is 0.483 e. The van der Waals surface area contributed by atoms with Crippen LogP contribution >= 0.6 is 0 Å². The first kappa shape index (κ1) is 18.0. The second-order valence-electron chi connectivity index (χ2n) is 7.48. The van der Waals surface area contributed by atoms with Crippen LogP contribution in [0.1, 0.15) is 40.2 Å². The average molecular weight is 330 g/mol. The maximum Gasteiger partial charge on any atom is 0.315 e. The molecular formula is C19H26N2O3. The van der Waals surface area contributed by atoms with Gasteiger partial charge in [0.25, 0.3) is 0 Å². The van der Waals surface area contributed by atoms with Crippen molar-refractivity contribution in [3.63, 3.8) is 0 Å². The zero-order valence-corrected chi connectivity index (χ0v) is 15.1. The number of para-hydroxylation sites is 1. The van der Waals surface area contributed by atoms with Crippen molar-refractivity contribution in [2.75, 3.05) is 13.2 Å². The molecule has 1 aliphatic rings. The summed E-state index contributed by atoms with van der Waals surface area (Å²) in [6.45, 7) is 10.4. The smallest absolute Gasteiger partial charge is 0.315 e. The van der Waals surface area contributed by atoms with Crippen LogP contribution in [-0.2, 0) is 6.42 Å². The molecule has 0 aliphatic carbocycles. The molecule has 1 aromatic rings. The molecule has 0 saturated heterocycles. The molecule has 0 bridgehead atoms. The number of urea groups is 1. The number of hydrogen-bond acceptors (Lipinski definition) is 3. The molecular weight excluding hydrogens is 304 g/mol. The molecule has 0 aromatic heterocycles. The lowest BCUT2D eigenvalue weighted by Gasteiger charge is -2.20. The molecule has 2 rings (SSSR count). The summed E-state index contributed by atoms with van der Waals surface area (Å²) in [5.41, 5.74) is 0.700. The Labute approximate surface area is 144 Å². The lowest BCUT2D eigenvalue weighted by atomic mass is 10.0. The van der Waals surface area contributed by atoms with Crippen LogP contribution in [0.5, 0.6) is 11.5 Å². The van der Waals surface area contributed by atoms with Gasteiger partial charge in [0.2, 0.25) is 0 Å². The first-order valence-electron chi connectivity index (χ1n) is 8.12. The van der Waals surface area contributed by atoms with Gasteiger partial charge in [-0.25, -0.2) is 4.79 Å². The first-order chi connectivity index (χ1) is 11.2. The van der Waals surface area contributed by atoms with Gasteiger partial charge in [-0.2, -0.15) is 0 Å². The second-order valence-corrected chi connectivity index (χ2v) is 7.48. The summed E-state index contributed by atoms with van der Waals surface area (Å²) in [7, 11) is 0. The predicted octanol–water partition coefficient (Wildman–Crippen LogP) is 2.88. The van der Waals surface area contributed by atoms with Gasteiger partial charge in [0.1, 0.15) is 12.2 Å². The summed E-state index contributed by atoms with van der Waals surface area (Å²) < 4.78 is 11.6. The Bertz CT molecular complexity index is 663. The van der Waals surface area contributed by atoms with E-state index >= 15 is 0 Å². The van der Waals surface area contributed by atoms with Crippen molar-refractivity contribution < 1.29 is 14.3 Å². The van der Waals surface area contributed by atoms with Gasteiger partial charge in [-0.1, -0.05) is 24.0 Å². The highest BCUT2D eigenvalue weighted by atomic mass is 16.5. The molecule has 0 saturated carbocycles. The fraction of sp³-hybridized carbons (Fsp3) is 0.526. The number of amides is 2. The lowest BCUT2D eigenvalue weighted by molar-refractivity contribution is 0.133. The number of nitrogens with one attached hydrogen (secondary N) is 2. The maximum absolute atomic E-state index is 11.6. The van der Waals surface area contributed by atoms with E-state index in [0.29, 0.717) is 5.75 Å². The summed E-state index contributed by atoms with van der Waals surface area (Å²) in [6, 6.07) is 5.68. The van der Waals surface area contributed by atoms with E-state index in [9.17, 15) is 4.79 Å². The highest BCUT2D eigenvalue weighted by Crippen LogP contribution is 2.41. The van der Waals surface area contributed by atoms with E-state index in [4.69, 9.17) is 9.47 Å². The fourth-order valence-corrected chi connectivity index (χ4v) is 2.44. The normalized spacial score (nSPS) is 14.7. The van der Waals surface area contributed by atoms with Crippen LogP contribution in [0.3, 0.4) is 0 Å². The monoisotopic (exact) mass is 330 g/mol. The van der Waals surface area contributed by atoms with E-state index < -0.39 is 0 Å². The van der Waals surface area contributed by atoms with Crippen molar-refractivity contribution in [2.24, 2.45) is 0 Å². The Morgan fingerprint density at radius 3 is 2.79 bits per heavy atom. The molecule has 1 heterocycles. The van der Waals surface area contributed by atoms with E-state index in [0.717, 1.165) is 17.7 Å². The van der Waals surface area contributed by atoms with Crippen molar-refractivity contribution in [2.45, 2.75) is 52.2 Å². The molecule has 24 heavy (non-hydrogen) atoms. The van der Waals surface area contributed by atoms with Gasteiger partial charge in [0, 0.05) is 17.5 Å². The Kier molecular flexibility index (Phi) is 5.28. The Balaban J connectivity index is 1.79. The molecule has 1 aliphatic heterocycles. The van der Waals surface area contributed by atoms with Crippen LogP contribution in [-0.4, -0.2) is 30.3 Å². The molecule has 5 heteroatoms. The standard InChI is InChI=1S/C19H26N2O3/c1-18(2,3)21-17(22)20-11-6-7-12-23-15-10-8-9-14-13-19(4,5)24-16(14)15/h8-10H,11-13H2,1-5H3,(H2,20,21,22). The average Bonchev–Trinajstić information content (AvgIpc) is 2.75. The molecule has 2 amide bonds. The highest BCUT2D eigenvalue weighted by molar-refractivity contribution is 5.74. The summed E-state index contributed by atoms with van der Waals surface area (Å²) in [5, 5.41) is 5.49. The van der Waals surface area contributed by atoms with Gasteiger partial charge in [-0.3, -0.25) is 0 Å². The number of rotatable bonds is 3. The van der Waals surface area contributed by atoms with E-state index in [2.05, 4.69) is 42.4 Å². The third-order valence-corrected chi connectivity index (χ3v) is 3.31. The fourth-order valence-electron chi connectivity index (χ4n) is 2.44. The van der Waals surface area contributed by atoms with Crippen molar-refractivity contribution in [3.05, 3.63) is 23.8 Å². The number of ether oxygens (including phenoxy) is 2. The number of fused-ring (bicyclic) bond motifs is 1. The van der Waals surface area contributed by atoms with E-state index in [1.54, 1.807) is 0 Å². The lowest BCUT2D eigenvalue weighted by Crippen LogP contribution is -2.46. The molecule has 0 radical (unpaired) electrons. The molecule has 1 aromatic carbocycles. The molecule has 2 N–H and O–H groups in total. The highest BCUT2D eigenvalue weighted by Gasteiger charge is 2.32. The van der Waals surface area contributed by atoms with Crippen LogP contribution in [0.2, 0.25) is 0 Å². The van der Waals surface area contributed by atoms with Crippen LogP contribution in [0.15, 0.2) is 18.2 Å². The summed E-state index contributed by atoms with van der Waals surface area (Å²) in [5.74, 6) is 7.29. The van der Waals surface area contributed by atoms with Gasteiger partial charge < -0.3 is 20.1 Å². The van der Waals surface area contributed by atoms with Gasteiger partial charge in [0.15, 0.2) is 11.5 Å². The third-order valence-electron chi connectivity index (χ3n) is 3.31. The molecule has 0 fully saturated rings. The van der Waals surface area contributed by atoms with Crippen molar-refractivity contribution in [1.29, 1.82) is 0 Å². The minimum atomic E-state index is -0.262. The molecule has 0 unspecified atom stereocenters. The minimum absolute atomic E-state index is 0.197. The Hall–Kier alpha value is -2.35. The maximum atomic E-state index is 11.6. The quantitative estimate of drug-likeness (QED) is 0.838. The number of carbonyl (C=O) groups is 1. The van der Waals surface area contributed by atoms with E-state index in [1.165, 1.54) is 0 Å². The SMILES string of the molecule is CC(C)(C)NC(=O)NCC#CCOc1cccc2c1OC(C)(C)C2. The Morgan fingerprint density at radius 2 is 2.08 bits per heavy atom. The van der Waals surface area contributed by atoms with Crippen molar-refractivity contribution >= 4 is 6.03 Å². The van der Waals surface area contributed by atoms with Gasteiger partial charge in [-0.15, -0.1) is 0 Å². The van der Waals surface area contributed by atoms with Gasteiger partial charge in [-0.05, 0) is 40.7 Å². The summed E-state index contributed by atoms with van der Waals surface area (Å²) >= 11 is 0. The molecule has 5 nitrogen and oxygen atoms in total. The zero-order valence-electron chi connectivity index (χ0n) is 15.1. The zero-order chi connectivity index (χ0) is 17.8. The third kappa shape index (κ3) is 5.38. The minimum Gasteiger partial charge on any atom is -0.483 e. The summed E-state index contributed by atoms with van der Waals surface area (Å²) in [6.07, 6.45) is 0.873. The first-order valence-corrected chi connectivity index (χ1v) is 8.12. The second kappa shape index (κ2) is 7.04. The van der Waals surface area contributed by atoms with Crippen LogP contribution in [0, 0.1) is 11.8 Å². The van der Waals surface area contributed by atoms with Crippen LogP contribution < -0.4 is 20.1 Å². The molecule has 130 valence electrons. The Morgan fingerprint density at radius 1 is 1.33 bits per heavy atom. The van der Waals surface area contributed by atoms with Gasteiger partial charge >= 0.3 is 6.03 Å². The number of carbonyl (C=O) groups excluding carboxylic acids is 1. The predicted molar refractivity (Wildman–Crippen MR) is 94.4 cm³/mol. The molecule has 0 spiro atoms. The number of hydrogen-bond donors (Lipinski definition) is 2. The van der Waals surface area contributed by atoms with Crippen molar-refractivity contribution in [3.8, 4) is 23.3 Å². The van der Waals surface area contributed by atoms with Crippen LogP contribution in [0.25, 0.3) is 0 Å².